The molecule has 2 rings (SSSR count). The van der Waals surface area contributed by atoms with Crippen molar-refractivity contribution in [3.05, 3.63) is 17.1 Å². The van der Waals surface area contributed by atoms with Crippen LogP contribution in [0.25, 0.3) is 0 Å². The molecule has 1 aromatic heterocycles. The number of rotatable bonds is 25. The minimum atomic E-state index is -0.603. The Kier molecular flexibility index (Phi) is 20.6. The van der Waals surface area contributed by atoms with Crippen LogP contribution in [0.5, 0.6) is 0 Å². The van der Waals surface area contributed by atoms with Crippen molar-refractivity contribution in [2.45, 2.75) is 154 Å². The standard InChI is InChI=1S/C31H56NO5S/c1-2-3-4-5-6-7-8-9-10-11-12-13-14-15-18-21-30-35-26-29(37-30)27-36-31(33)34-24-20-17-16-19-22-32-23-25-38-28-32/h23,25,28-30H,2-22,24,26-27H2,1H3/q+1/t29-,30+/m0/s1. The normalized spacial score (nSPS) is 17.2. The van der Waals surface area contributed by atoms with Crippen LogP contribution in [0.2, 0.25) is 0 Å². The number of carbonyl (C=O) groups excluding carboxylic acids is 1. The summed E-state index contributed by atoms with van der Waals surface area (Å²) in [5.41, 5.74) is 2.13. The van der Waals surface area contributed by atoms with E-state index in [1.54, 1.807) is 11.3 Å². The van der Waals surface area contributed by atoms with E-state index in [0.717, 1.165) is 45.1 Å². The number of thiazole rings is 1. The van der Waals surface area contributed by atoms with E-state index in [4.69, 9.17) is 18.9 Å². The van der Waals surface area contributed by atoms with Gasteiger partial charge in [0.05, 0.1) is 18.6 Å². The summed E-state index contributed by atoms with van der Waals surface area (Å²) in [6.45, 7) is 4.43. The Morgan fingerprint density at radius 3 is 2.05 bits per heavy atom. The predicted octanol–water partition coefficient (Wildman–Crippen LogP) is 8.75. The molecule has 1 aliphatic heterocycles. The van der Waals surface area contributed by atoms with E-state index in [2.05, 4.69) is 28.6 Å². The number of ether oxygens (including phenoxy) is 4. The maximum Gasteiger partial charge on any atom is 0.508 e. The average Bonchev–Trinajstić information content (AvgIpc) is 3.61. The van der Waals surface area contributed by atoms with E-state index in [1.165, 1.54) is 89.9 Å². The Balaban J connectivity index is 1.29. The lowest BCUT2D eigenvalue weighted by Gasteiger charge is -2.12. The predicted molar refractivity (Wildman–Crippen MR) is 154 cm³/mol. The van der Waals surface area contributed by atoms with Gasteiger partial charge >= 0.3 is 6.16 Å². The fourth-order valence-electron chi connectivity index (χ4n) is 4.93. The largest absolute Gasteiger partial charge is 0.508 e. The second-order valence-electron chi connectivity index (χ2n) is 10.8. The molecule has 1 aromatic rings. The second kappa shape index (κ2) is 23.7. The zero-order chi connectivity index (χ0) is 26.9. The van der Waals surface area contributed by atoms with Gasteiger partial charge in [-0.1, -0.05) is 108 Å². The lowest BCUT2D eigenvalue weighted by Crippen LogP contribution is -2.29. The summed E-state index contributed by atoms with van der Waals surface area (Å²) in [4.78, 5) is 11.8. The molecule has 0 aliphatic carbocycles. The van der Waals surface area contributed by atoms with Gasteiger partial charge < -0.3 is 18.9 Å². The molecule has 1 saturated heterocycles. The Labute approximate surface area is 236 Å². The Bertz CT molecular complexity index is 657. The fraction of sp³-hybridized carbons (Fsp3) is 0.871. The summed E-state index contributed by atoms with van der Waals surface area (Å²) >= 11 is 1.71. The van der Waals surface area contributed by atoms with Crippen molar-refractivity contribution in [2.24, 2.45) is 0 Å². The highest BCUT2D eigenvalue weighted by Gasteiger charge is 2.26. The molecule has 38 heavy (non-hydrogen) atoms. The van der Waals surface area contributed by atoms with E-state index in [-0.39, 0.29) is 19.0 Å². The monoisotopic (exact) mass is 554 g/mol. The van der Waals surface area contributed by atoms with E-state index in [1.807, 2.05) is 0 Å². The molecule has 7 heteroatoms. The average molecular weight is 555 g/mol. The van der Waals surface area contributed by atoms with Crippen molar-refractivity contribution in [1.29, 1.82) is 0 Å². The smallest absolute Gasteiger partial charge is 0.434 e. The van der Waals surface area contributed by atoms with Crippen molar-refractivity contribution in [3.8, 4) is 0 Å². The highest BCUT2D eigenvalue weighted by Crippen LogP contribution is 2.19. The van der Waals surface area contributed by atoms with Gasteiger partial charge in [0.15, 0.2) is 12.5 Å². The molecule has 0 radical (unpaired) electrons. The Morgan fingerprint density at radius 2 is 1.42 bits per heavy atom. The quantitative estimate of drug-likeness (QED) is 0.0687. The Morgan fingerprint density at radius 1 is 0.816 bits per heavy atom. The van der Waals surface area contributed by atoms with Crippen LogP contribution in [0, 0.1) is 0 Å². The highest BCUT2D eigenvalue weighted by atomic mass is 32.1. The molecule has 0 amide bonds. The van der Waals surface area contributed by atoms with Crippen molar-refractivity contribution >= 4 is 17.5 Å². The zero-order valence-corrected chi connectivity index (χ0v) is 25.1. The maximum atomic E-state index is 11.8. The number of unbranched alkanes of at least 4 members (excludes halogenated alkanes) is 17. The number of nitrogens with zero attached hydrogens (tertiary/aromatic N) is 1. The molecule has 0 N–H and O–H groups in total. The first kappa shape index (κ1) is 33.0. The number of carbonyl (C=O) groups is 1. The minimum absolute atomic E-state index is 0.158. The van der Waals surface area contributed by atoms with Gasteiger partial charge in [0.25, 0.3) is 0 Å². The molecule has 220 valence electrons. The van der Waals surface area contributed by atoms with E-state index >= 15 is 0 Å². The molecule has 0 saturated carbocycles. The van der Waals surface area contributed by atoms with E-state index < -0.39 is 6.16 Å². The molecule has 6 nitrogen and oxygen atoms in total. The zero-order valence-electron chi connectivity index (χ0n) is 24.3. The third kappa shape index (κ3) is 18.2. The molecule has 0 aromatic carbocycles. The summed E-state index contributed by atoms with van der Waals surface area (Å²) in [6, 6.07) is 0. The lowest BCUT2D eigenvalue weighted by atomic mass is 10.0. The van der Waals surface area contributed by atoms with Gasteiger partial charge in [0, 0.05) is 6.42 Å². The number of hydrogen-bond donors (Lipinski definition) is 0. The molecule has 1 fully saturated rings. The van der Waals surface area contributed by atoms with Crippen LogP contribution in [-0.4, -0.2) is 38.4 Å². The summed E-state index contributed by atoms with van der Waals surface area (Å²) in [5.74, 6) is 0. The molecule has 0 spiro atoms. The first-order valence-electron chi connectivity index (χ1n) is 15.8. The van der Waals surface area contributed by atoms with Crippen LogP contribution in [0.4, 0.5) is 4.79 Å². The van der Waals surface area contributed by atoms with Crippen LogP contribution in [0.1, 0.15) is 135 Å². The minimum Gasteiger partial charge on any atom is -0.434 e. The first-order chi connectivity index (χ1) is 18.8. The summed E-state index contributed by atoms with van der Waals surface area (Å²) in [7, 11) is 0. The molecular formula is C31H56NO5S+. The molecule has 1 aliphatic rings. The maximum absolute atomic E-state index is 11.8. The van der Waals surface area contributed by atoms with E-state index in [0.29, 0.717) is 13.2 Å². The Hall–Kier alpha value is -1.18. The van der Waals surface area contributed by atoms with Gasteiger partial charge in [-0.25, -0.2) is 4.79 Å². The van der Waals surface area contributed by atoms with Crippen LogP contribution in [0.3, 0.4) is 0 Å². The summed E-state index contributed by atoms with van der Waals surface area (Å²) in [5, 5.41) is 2.09. The third-order valence-corrected chi connectivity index (χ3v) is 7.97. The van der Waals surface area contributed by atoms with Gasteiger partial charge in [0.1, 0.15) is 19.3 Å². The van der Waals surface area contributed by atoms with Crippen molar-refractivity contribution < 1.29 is 28.3 Å². The molecule has 0 bridgehead atoms. The van der Waals surface area contributed by atoms with Crippen molar-refractivity contribution in [1.82, 2.24) is 0 Å². The topological polar surface area (TPSA) is 57.9 Å². The van der Waals surface area contributed by atoms with Gasteiger partial charge in [-0.3, -0.25) is 0 Å². The number of aromatic nitrogens is 1. The number of hydrogen-bond acceptors (Lipinski definition) is 6. The van der Waals surface area contributed by atoms with Gasteiger partial charge in [-0.05, 0) is 32.1 Å². The first-order valence-corrected chi connectivity index (χ1v) is 16.7. The highest BCUT2D eigenvalue weighted by molar-refractivity contribution is 7.07. The van der Waals surface area contributed by atoms with Crippen LogP contribution < -0.4 is 4.57 Å². The number of aryl methyl sites for hydroxylation is 1. The van der Waals surface area contributed by atoms with E-state index in [9.17, 15) is 4.79 Å². The molecule has 2 atom stereocenters. The van der Waals surface area contributed by atoms with Crippen molar-refractivity contribution in [2.75, 3.05) is 19.8 Å². The SMILES string of the molecule is CCCCCCCCCCCCCCCCC[C@@H]1OC[C@@H](COC(=O)OCCCCCC[n+]2ccsc2)O1. The van der Waals surface area contributed by atoms with Crippen LogP contribution in [0.15, 0.2) is 17.1 Å². The van der Waals surface area contributed by atoms with Crippen LogP contribution >= 0.6 is 11.3 Å². The second-order valence-corrected chi connectivity index (χ2v) is 11.6. The summed E-state index contributed by atoms with van der Waals surface area (Å²) in [6.07, 6.45) is 26.8. The molecule has 0 unspecified atom stereocenters. The van der Waals surface area contributed by atoms with Gasteiger partial charge in [-0.15, -0.1) is 0 Å². The van der Waals surface area contributed by atoms with Gasteiger partial charge in [0.2, 0.25) is 5.51 Å². The van der Waals surface area contributed by atoms with Crippen molar-refractivity contribution in [3.63, 3.8) is 0 Å². The van der Waals surface area contributed by atoms with Crippen LogP contribution in [-0.2, 0) is 25.5 Å². The molecular weight excluding hydrogens is 498 g/mol. The lowest BCUT2D eigenvalue weighted by molar-refractivity contribution is -0.692. The third-order valence-electron chi connectivity index (χ3n) is 7.30. The summed E-state index contributed by atoms with van der Waals surface area (Å²) < 4.78 is 24.2. The molecule has 2 heterocycles. The van der Waals surface area contributed by atoms with Gasteiger partial charge in [-0.2, -0.15) is 4.57 Å². The fourth-order valence-corrected chi connectivity index (χ4v) is 5.56.